The quantitative estimate of drug-likeness (QED) is 0.921. The van der Waals surface area contributed by atoms with Crippen LogP contribution in [0.1, 0.15) is 49.8 Å². The number of likely N-dealkylation sites (N-methyl/N-ethyl adjacent to an activating group) is 1. The van der Waals surface area contributed by atoms with Crippen LogP contribution in [0.3, 0.4) is 0 Å². The zero-order valence-electron chi connectivity index (χ0n) is 14.0. The van der Waals surface area contributed by atoms with E-state index in [2.05, 4.69) is 38.9 Å². The van der Waals surface area contributed by atoms with Gasteiger partial charge in [0.2, 0.25) is 0 Å². The number of nitrogens with zero attached hydrogens (tertiary/aromatic N) is 1. The molecule has 1 aromatic rings. The van der Waals surface area contributed by atoms with Crippen molar-refractivity contribution in [2.75, 3.05) is 21.2 Å². The Labute approximate surface area is 128 Å². The summed E-state index contributed by atoms with van der Waals surface area (Å²) in [6.07, 6.45) is 3.88. The number of hydrogen-bond acceptors (Lipinski definition) is 3. The van der Waals surface area contributed by atoms with E-state index in [1.54, 1.807) is 7.11 Å². The van der Waals surface area contributed by atoms with Crippen LogP contribution in [-0.2, 0) is 0 Å². The first-order chi connectivity index (χ1) is 9.90. The standard InChI is InChI=1S/C18H29NO2/c1-13-8-10-18(11-9-13,19(3)4)17(20)15-12-14(2)6-7-16(15)21-5/h6-7,12-13,17,20H,8-11H2,1-5H3. The molecule has 0 amide bonds. The molecule has 1 aromatic carbocycles. The van der Waals surface area contributed by atoms with Gasteiger partial charge in [0, 0.05) is 5.56 Å². The molecule has 0 aromatic heterocycles. The Morgan fingerprint density at radius 3 is 2.43 bits per heavy atom. The first kappa shape index (κ1) is 16.3. The Bertz CT molecular complexity index is 476. The van der Waals surface area contributed by atoms with Crippen LogP contribution in [0.5, 0.6) is 5.75 Å². The van der Waals surface area contributed by atoms with Crippen LogP contribution >= 0.6 is 0 Å². The normalized spacial score (nSPS) is 27.7. The third kappa shape index (κ3) is 3.09. The number of ether oxygens (including phenoxy) is 1. The molecule has 1 aliphatic rings. The number of methoxy groups -OCH3 is 1. The maximum Gasteiger partial charge on any atom is 0.124 e. The molecule has 0 bridgehead atoms. The van der Waals surface area contributed by atoms with Crippen molar-refractivity contribution in [1.82, 2.24) is 4.90 Å². The van der Waals surface area contributed by atoms with Crippen molar-refractivity contribution < 1.29 is 9.84 Å². The Morgan fingerprint density at radius 1 is 1.29 bits per heavy atom. The smallest absolute Gasteiger partial charge is 0.124 e. The van der Waals surface area contributed by atoms with Crippen molar-refractivity contribution in [2.24, 2.45) is 5.92 Å². The van der Waals surface area contributed by atoms with E-state index in [1.807, 2.05) is 12.1 Å². The SMILES string of the molecule is COc1ccc(C)cc1C(O)C1(N(C)C)CCC(C)CC1. The molecular weight excluding hydrogens is 262 g/mol. The number of aryl methyl sites for hydroxylation is 1. The molecule has 0 aliphatic heterocycles. The van der Waals surface area contributed by atoms with Gasteiger partial charge in [0.05, 0.1) is 12.6 Å². The second kappa shape index (κ2) is 6.37. The highest BCUT2D eigenvalue weighted by Gasteiger charge is 2.44. The highest BCUT2D eigenvalue weighted by atomic mass is 16.5. The van der Waals surface area contributed by atoms with Crippen LogP contribution in [0.15, 0.2) is 18.2 Å². The van der Waals surface area contributed by atoms with Crippen LogP contribution < -0.4 is 4.74 Å². The van der Waals surface area contributed by atoms with Gasteiger partial charge in [0.25, 0.3) is 0 Å². The number of benzene rings is 1. The first-order valence-electron chi connectivity index (χ1n) is 7.90. The van der Waals surface area contributed by atoms with E-state index >= 15 is 0 Å². The van der Waals surface area contributed by atoms with E-state index in [1.165, 1.54) is 12.8 Å². The second-order valence-electron chi connectivity index (χ2n) is 6.83. The lowest BCUT2D eigenvalue weighted by molar-refractivity contribution is -0.0417. The lowest BCUT2D eigenvalue weighted by atomic mass is 9.71. The second-order valence-corrected chi connectivity index (χ2v) is 6.83. The van der Waals surface area contributed by atoms with Crippen LogP contribution in [-0.4, -0.2) is 36.8 Å². The van der Waals surface area contributed by atoms with Crippen LogP contribution in [0.4, 0.5) is 0 Å². The largest absolute Gasteiger partial charge is 0.496 e. The molecule has 0 heterocycles. The molecule has 1 saturated carbocycles. The molecule has 3 nitrogen and oxygen atoms in total. The van der Waals surface area contributed by atoms with Gasteiger partial charge in [-0.2, -0.15) is 0 Å². The molecule has 21 heavy (non-hydrogen) atoms. The van der Waals surface area contributed by atoms with E-state index in [-0.39, 0.29) is 5.54 Å². The molecule has 0 radical (unpaired) electrons. The molecule has 3 heteroatoms. The average Bonchev–Trinajstić information content (AvgIpc) is 2.47. The summed E-state index contributed by atoms with van der Waals surface area (Å²) in [5.74, 6) is 1.54. The van der Waals surface area contributed by atoms with E-state index in [0.29, 0.717) is 0 Å². The minimum Gasteiger partial charge on any atom is -0.496 e. The molecule has 1 aliphatic carbocycles. The number of aliphatic hydroxyl groups is 1. The molecule has 1 N–H and O–H groups in total. The number of rotatable bonds is 4. The summed E-state index contributed by atoms with van der Waals surface area (Å²) in [7, 11) is 5.84. The molecule has 0 spiro atoms. The van der Waals surface area contributed by atoms with Crippen LogP contribution in [0.25, 0.3) is 0 Å². The van der Waals surface area contributed by atoms with Gasteiger partial charge in [-0.3, -0.25) is 0 Å². The van der Waals surface area contributed by atoms with Gasteiger partial charge in [-0.25, -0.2) is 0 Å². The molecule has 1 fully saturated rings. The Balaban J connectivity index is 2.39. The summed E-state index contributed by atoms with van der Waals surface area (Å²) >= 11 is 0. The topological polar surface area (TPSA) is 32.7 Å². The summed E-state index contributed by atoms with van der Waals surface area (Å²) in [5.41, 5.74) is 1.89. The van der Waals surface area contributed by atoms with Gasteiger partial charge in [0.15, 0.2) is 0 Å². The summed E-state index contributed by atoms with van der Waals surface area (Å²) in [5, 5.41) is 11.2. The van der Waals surface area contributed by atoms with Crippen LogP contribution in [0, 0.1) is 12.8 Å². The summed E-state index contributed by atoms with van der Waals surface area (Å²) in [6.45, 7) is 4.36. The minimum absolute atomic E-state index is 0.187. The molecular formula is C18H29NO2. The van der Waals surface area contributed by atoms with Crippen LogP contribution in [0.2, 0.25) is 0 Å². The minimum atomic E-state index is -0.519. The van der Waals surface area contributed by atoms with Gasteiger partial charge >= 0.3 is 0 Å². The molecule has 118 valence electrons. The van der Waals surface area contributed by atoms with E-state index in [9.17, 15) is 5.11 Å². The molecule has 0 saturated heterocycles. The zero-order chi connectivity index (χ0) is 15.6. The van der Waals surface area contributed by atoms with Crippen molar-refractivity contribution >= 4 is 0 Å². The van der Waals surface area contributed by atoms with Crippen molar-refractivity contribution in [3.05, 3.63) is 29.3 Å². The highest BCUT2D eigenvalue weighted by Crippen LogP contribution is 2.45. The molecule has 1 unspecified atom stereocenters. The lowest BCUT2D eigenvalue weighted by Gasteiger charge is -2.48. The lowest BCUT2D eigenvalue weighted by Crippen LogP contribution is -2.51. The van der Waals surface area contributed by atoms with Crippen molar-refractivity contribution in [3.63, 3.8) is 0 Å². The maximum atomic E-state index is 11.2. The average molecular weight is 291 g/mol. The van der Waals surface area contributed by atoms with Crippen molar-refractivity contribution in [2.45, 2.75) is 51.2 Å². The van der Waals surface area contributed by atoms with Gasteiger partial charge < -0.3 is 14.7 Å². The molecule has 2 rings (SSSR count). The summed E-state index contributed by atoms with van der Waals surface area (Å²) in [6, 6.07) is 6.05. The van der Waals surface area contributed by atoms with E-state index < -0.39 is 6.10 Å². The number of hydrogen-bond donors (Lipinski definition) is 1. The fraction of sp³-hybridized carbons (Fsp3) is 0.667. The predicted molar refractivity (Wildman–Crippen MR) is 86.7 cm³/mol. The number of aliphatic hydroxyl groups excluding tert-OH is 1. The first-order valence-corrected chi connectivity index (χ1v) is 7.90. The summed E-state index contributed by atoms with van der Waals surface area (Å²) in [4.78, 5) is 2.21. The third-order valence-corrected chi connectivity index (χ3v) is 5.22. The van der Waals surface area contributed by atoms with E-state index in [0.717, 1.165) is 35.6 Å². The maximum absolute atomic E-state index is 11.2. The zero-order valence-corrected chi connectivity index (χ0v) is 14.0. The van der Waals surface area contributed by atoms with Gasteiger partial charge in [-0.05, 0) is 64.8 Å². The van der Waals surface area contributed by atoms with Crippen molar-refractivity contribution in [1.29, 1.82) is 0 Å². The monoisotopic (exact) mass is 291 g/mol. The fourth-order valence-electron chi connectivity index (χ4n) is 3.58. The van der Waals surface area contributed by atoms with E-state index in [4.69, 9.17) is 4.74 Å². The van der Waals surface area contributed by atoms with Gasteiger partial charge in [-0.1, -0.05) is 18.6 Å². The van der Waals surface area contributed by atoms with Crippen molar-refractivity contribution in [3.8, 4) is 5.75 Å². The Hall–Kier alpha value is -1.06. The highest BCUT2D eigenvalue weighted by molar-refractivity contribution is 5.40. The Kier molecular flexibility index (Phi) is 4.95. The summed E-state index contributed by atoms with van der Waals surface area (Å²) < 4.78 is 5.48. The van der Waals surface area contributed by atoms with Gasteiger partial charge in [0.1, 0.15) is 11.9 Å². The predicted octanol–water partition coefficient (Wildman–Crippen LogP) is 3.55. The fourth-order valence-corrected chi connectivity index (χ4v) is 3.58. The molecule has 1 atom stereocenters. The van der Waals surface area contributed by atoms with Gasteiger partial charge in [-0.15, -0.1) is 0 Å². The third-order valence-electron chi connectivity index (χ3n) is 5.22. The Morgan fingerprint density at radius 2 is 1.90 bits per heavy atom.